The quantitative estimate of drug-likeness (QED) is 0.0471. The summed E-state index contributed by atoms with van der Waals surface area (Å²) in [4.78, 5) is 2.28. The van der Waals surface area contributed by atoms with Crippen LogP contribution in [0.1, 0.15) is 77.3 Å². The van der Waals surface area contributed by atoms with Crippen LogP contribution in [-0.4, -0.2) is 53.1 Å². The fourth-order valence-electron chi connectivity index (χ4n) is 7.17. The van der Waals surface area contributed by atoms with Crippen LogP contribution in [0, 0.1) is 0 Å². The van der Waals surface area contributed by atoms with Crippen LogP contribution in [0.5, 0.6) is 0 Å². The first kappa shape index (κ1) is 36.6. The molecule has 8 nitrogen and oxygen atoms in total. The Morgan fingerprint density at radius 3 is 2.42 bits per heavy atom. The number of allylic oxidation sites excluding steroid dienone is 8. The molecule has 2 aromatic rings. The minimum atomic E-state index is -3.98. The van der Waals surface area contributed by atoms with E-state index in [1.54, 1.807) is 0 Å². The zero-order chi connectivity index (χ0) is 34.5. The standard InChI is InChI=1S/C37H45ClN2O6S2/c1-36(2)29-13-5-7-15-31(29)39(23-9-11-25-47-46-45-41)33(36)21-19-27-17-18-28(35(27)38)20-22-34-37(3,4)30-14-6-8-16-32(30)40(34)24-10-12-26-48(42,43)44/h5-8,13-16,19-22H,9-12,17-18,23-26H2,1-4H3,(H-,41,42,43,44)/p+1. The molecular weight excluding hydrogens is 668 g/mol. The van der Waals surface area contributed by atoms with Crippen LogP contribution in [-0.2, 0) is 30.3 Å². The molecule has 0 amide bonds. The van der Waals surface area contributed by atoms with E-state index < -0.39 is 10.1 Å². The Bertz CT molecular complexity index is 1770. The predicted octanol–water partition coefficient (Wildman–Crippen LogP) is 9.03. The average Bonchev–Trinajstić information content (AvgIpc) is 3.58. The van der Waals surface area contributed by atoms with Gasteiger partial charge in [0.15, 0.2) is 5.71 Å². The summed E-state index contributed by atoms with van der Waals surface area (Å²) in [5.41, 5.74) is 9.08. The molecule has 0 radical (unpaired) electrons. The normalized spacial score (nSPS) is 20.2. The molecule has 11 heteroatoms. The lowest BCUT2D eigenvalue weighted by molar-refractivity contribution is -0.438. The van der Waals surface area contributed by atoms with Crippen molar-refractivity contribution in [2.45, 2.75) is 77.0 Å². The summed E-state index contributed by atoms with van der Waals surface area (Å²) in [6, 6.07) is 16.9. The Kier molecular flexibility index (Phi) is 11.8. The molecule has 258 valence electrons. The van der Waals surface area contributed by atoms with Crippen LogP contribution >= 0.6 is 23.6 Å². The summed E-state index contributed by atoms with van der Waals surface area (Å²) in [6.07, 6.45) is 13.3. The van der Waals surface area contributed by atoms with Gasteiger partial charge in [-0.2, -0.15) is 13.0 Å². The minimum absolute atomic E-state index is 0.168. The van der Waals surface area contributed by atoms with Crippen molar-refractivity contribution in [1.82, 2.24) is 0 Å². The monoisotopic (exact) mass is 713 g/mol. The highest BCUT2D eigenvalue weighted by Gasteiger charge is 2.44. The molecule has 5 rings (SSSR count). The van der Waals surface area contributed by atoms with Crippen molar-refractivity contribution in [3.8, 4) is 0 Å². The highest BCUT2D eigenvalue weighted by atomic mass is 35.5. The first-order valence-electron chi connectivity index (χ1n) is 16.5. The van der Waals surface area contributed by atoms with Crippen molar-refractivity contribution in [1.29, 1.82) is 0 Å². The molecule has 0 unspecified atom stereocenters. The number of hydrogen-bond acceptors (Lipinski definition) is 7. The van der Waals surface area contributed by atoms with Gasteiger partial charge in [0.1, 0.15) is 6.54 Å². The van der Waals surface area contributed by atoms with E-state index in [1.807, 2.05) is 6.07 Å². The van der Waals surface area contributed by atoms with E-state index in [9.17, 15) is 13.0 Å². The largest absolute Gasteiger partial charge is 0.344 e. The van der Waals surface area contributed by atoms with E-state index in [0.717, 1.165) is 71.8 Å². The third-order valence-electron chi connectivity index (χ3n) is 9.68. The van der Waals surface area contributed by atoms with Gasteiger partial charge in [-0.15, -0.1) is 4.33 Å². The third kappa shape index (κ3) is 8.02. The van der Waals surface area contributed by atoms with E-state index in [1.165, 1.54) is 22.5 Å². The second-order valence-corrected chi connectivity index (χ2v) is 16.3. The number of benzene rings is 2. The van der Waals surface area contributed by atoms with E-state index in [2.05, 4.69) is 113 Å². The SMILES string of the molecule is CC1(C)C(/C=C/C2=C(Cl)C(=C/C=C3/N(CCCCS(=O)(=O)O)c4ccccc4C3(C)C)/CC2)=[N+](CCCCSOOO)c2ccccc21. The van der Waals surface area contributed by atoms with Gasteiger partial charge in [-0.1, -0.05) is 79.0 Å². The molecule has 0 spiro atoms. The lowest BCUT2D eigenvalue weighted by Gasteiger charge is -2.27. The molecule has 2 heterocycles. The van der Waals surface area contributed by atoms with Gasteiger partial charge in [0.2, 0.25) is 5.69 Å². The second kappa shape index (κ2) is 15.5. The summed E-state index contributed by atoms with van der Waals surface area (Å²) in [5, 5.41) is 12.9. The maximum atomic E-state index is 11.3. The van der Waals surface area contributed by atoms with Crippen LogP contribution < -0.4 is 4.90 Å². The number of halogens is 1. The summed E-state index contributed by atoms with van der Waals surface area (Å²) >= 11 is 8.16. The molecule has 1 aliphatic carbocycles. The molecule has 0 saturated heterocycles. The molecule has 2 aliphatic heterocycles. The Labute approximate surface area is 294 Å². The molecule has 2 N–H and O–H groups in total. The van der Waals surface area contributed by atoms with E-state index in [0.29, 0.717) is 25.1 Å². The van der Waals surface area contributed by atoms with Crippen molar-refractivity contribution < 1.29 is 32.2 Å². The highest BCUT2D eigenvalue weighted by molar-refractivity contribution is 7.94. The van der Waals surface area contributed by atoms with Gasteiger partial charge >= 0.3 is 0 Å². The van der Waals surface area contributed by atoms with Gasteiger partial charge < -0.3 is 4.90 Å². The maximum Gasteiger partial charge on any atom is 0.264 e. The Morgan fingerprint density at radius 1 is 0.938 bits per heavy atom. The lowest BCUT2D eigenvalue weighted by atomic mass is 9.81. The number of rotatable bonds is 15. The van der Waals surface area contributed by atoms with Gasteiger partial charge in [0.05, 0.1) is 11.2 Å². The van der Waals surface area contributed by atoms with E-state index in [4.69, 9.17) is 16.9 Å². The predicted molar refractivity (Wildman–Crippen MR) is 196 cm³/mol. The molecule has 0 aromatic heterocycles. The fraction of sp³-hybridized carbons (Fsp3) is 0.432. The molecule has 2 aromatic carbocycles. The van der Waals surface area contributed by atoms with Crippen LogP contribution in [0.3, 0.4) is 0 Å². The number of hydrogen-bond donors (Lipinski definition) is 2. The van der Waals surface area contributed by atoms with E-state index in [-0.39, 0.29) is 16.6 Å². The molecule has 0 atom stereocenters. The summed E-state index contributed by atoms with van der Waals surface area (Å²) < 4.78 is 38.7. The topological polar surface area (TPSA) is 99.3 Å². The maximum absolute atomic E-state index is 11.3. The van der Waals surface area contributed by atoms with Gasteiger partial charge in [-0.3, -0.25) is 4.55 Å². The number of para-hydroxylation sites is 2. The first-order chi connectivity index (χ1) is 22.9. The van der Waals surface area contributed by atoms with Crippen molar-refractivity contribution in [2.75, 3.05) is 29.5 Å². The van der Waals surface area contributed by atoms with Crippen molar-refractivity contribution >= 4 is 50.8 Å². The van der Waals surface area contributed by atoms with Gasteiger partial charge in [-0.05, 0) is 74.8 Å². The molecule has 0 bridgehead atoms. The van der Waals surface area contributed by atoms with Crippen molar-refractivity contribution in [3.63, 3.8) is 0 Å². The Hall–Kier alpha value is -2.70. The number of unbranched alkanes of at least 4 members (excludes halogenated alkanes) is 2. The molecule has 3 aliphatic rings. The summed E-state index contributed by atoms with van der Waals surface area (Å²) in [5.74, 6) is 0.481. The van der Waals surface area contributed by atoms with E-state index >= 15 is 0 Å². The lowest BCUT2D eigenvalue weighted by Crippen LogP contribution is -2.28. The van der Waals surface area contributed by atoms with Gasteiger partial charge in [0.25, 0.3) is 10.1 Å². The zero-order valence-electron chi connectivity index (χ0n) is 28.1. The number of anilines is 1. The summed E-state index contributed by atoms with van der Waals surface area (Å²) in [7, 11) is -3.98. The Balaban J connectivity index is 1.38. The molecule has 0 fully saturated rings. The smallest absolute Gasteiger partial charge is 0.264 e. The van der Waals surface area contributed by atoms with Crippen LogP contribution in [0.4, 0.5) is 11.4 Å². The highest BCUT2D eigenvalue weighted by Crippen LogP contribution is 2.48. The Morgan fingerprint density at radius 2 is 1.67 bits per heavy atom. The average molecular weight is 714 g/mol. The second-order valence-electron chi connectivity index (χ2n) is 13.6. The van der Waals surface area contributed by atoms with Crippen LogP contribution in [0.15, 0.2) is 94.7 Å². The summed E-state index contributed by atoms with van der Waals surface area (Å²) in [6.45, 7) is 10.5. The first-order valence-corrected chi connectivity index (χ1v) is 19.4. The zero-order valence-corrected chi connectivity index (χ0v) is 30.5. The van der Waals surface area contributed by atoms with Crippen LogP contribution in [0.2, 0.25) is 0 Å². The number of fused-ring (bicyclic) bond motifs is 2. The van der Waals surface area contributed by atoms with Crippen molar-refractivity contribution in [3.05, 3.63) is 106 Å². The van der Waals surface area contributed by atoms with Crippen molar-refractivity contribution in [2.24, 2.45) is 0 Å². The molecule has 0 saturated carbocycles. The van der Waals surface area contributed by atoms with Gasteiger partial charge in [0, 0.05) is 70.3 Å². The molecular formula is C37H46ClN2O6S2+. The number of nitrogens with zero attached hydrogens (tertiary/aromatic N) is 2. The fourth-order valence-corrected chi connectivity index (χ4v) is 8.49. The minimum Gasteiger partial charge on any atom is -0.344 e. The van der Waals surface area contributed by atoms with Gasteiger partial charge in [-0.25, -0.2) is 5.26 Å². The third-order valence-corrected chi connectivity index (χ3v) is 11.6. The van der Waals surface area contributed by atoms with Crippen LogP contribution in [0.25, 0.3) is 0 Å². The molecule has 48 heavy (non-hydrogen) atoms.